The van der Waals surface area contributed by atoms with Crippen LogP contribution in [0.4, 0.5) is 5.69 Å². The monoisotopic (exact) mass is 279 g/mol. The highest BCUT2D eigenvalue weighted by Crippen LogP contribution is 2.20. The van der Waals surface area contributed by atoms with Gasteiger partial charge in [0, 0.05) is 24.8 Å². The number of nitro benzene ring substituents is 1. The van der Waals surface area contributed by atoms with E-state index >= 15 is 0 Å². The molecule has 106 valence electrons. The third kappa shape index (κ3) is 3.37. The molecule has 0 aliphatic rings. The fraction of sp³-hybridized carbons (Fsp3) is 0.333. The first-order chi connectivity index (χ1) is 9.60. The third-order valence-corrected chi connectivity index (χ3v) is 2.57. The van der Waals surface area contributed by atoms with Crippen molar-refractivity contribution in [2.75, 3.05) is 13.7 Å². The van der Waals surface area contributed by atoms with Gasteiger partial charge in [0.05, 0.1) is 24.1 Å². The smallest absolute Gasteiger partial charge is 0.269 e. The van der Waals surface area contributed by atoms with E-state index in [4.69, 9.17) is 9.26 Å². The van der Waals surface area contributed by atoms with Crippen LogP contribution in [0.2, 0.25) is 0 Å². The predicted octanol–water partition coefficient (Wildman–Crippen LogP) is 1.19. The van der Waals surface area contributed by atoms with Crippen LogP contribution < -0.4 is 0 Å². The molecule has 1 aromatic carbocycles. The highest BCUT2D eigenvalue weighted by Gasteiger charge is 2.14. The van der Waals surface area contributed by atoms with E-state index in [9.17, 15) is 15.2 Å². The van der Waals surface area contributed by atoms with Gasteiger partial charge in [-0.25, -0.2) is 0 Å². The summed E-state index contributed by atoms with van der Waals surface area (Å²) in [7, 11) is 1.49. The normalized spacial score (nSPS) is 12.3. The summed E-state index contributed by atoms with van der Waals surface area (Å²) in [6, 6.07) is 5.81. The maximum Gasteiger partial charge on any atom is 0.269 e. The molecule has 0 spiro atoms. The fourth-order valence-electron chi connectivity index (χ4n) is 1.64. The Morgan fingerprint density at radius 2 is 2.15 bits per heavy atom. The van der Waals surface area contributed by atoms with E-state index < -0.39 is 11.0 Å². The molecule has 8 nitrogen and oxygen atoms in total. The lowest BCUT2D eigenvalue weighted by Crippen LogP contribution is -2.17. The van der Waals surface area contributed by atoms with E-state index in [1.807, 2.05) is 0 Å². The Morgan fingerprint density at radius 3 is 2.75 bits per heavy atom. The number of aliphatic hydroxyl groups excluding tert-OH is 1. The number of hydrogen-bond donors (Lipinski definition) is 1. The molecule has 0 bridgehead atoms. The minimum Gasteiger partial charge on any atom is -0.390 e. The number of ether oxygens (including phenoxy) is 1. The molecule has 1 atom stereocenters. The summed E-state index contributed by atoms with van der Waals surface area (Å²) in [5.41, 5.74) is 0.597. The molecule has 0 aliphatic heterocycles. The average molecular weight is 279 g/mol. The molecule has 1 heterocycles. The number of aliphatic hydroxyl groups is 1. The fourth-order valence-corrected chi connectivity index (χ4v) is 1.64. The van der Waals surface area contributed by atoms with E-state index in [0.29, 0.717) is 11.4 Å². The molecular weight excluding hydrogens is 266 g/mol. The standard InChI is InChI=1S/C12H13N3O5/c1-19-7-10(16)6-11-13-12(14-20-11)8-2-4-9(5-3-8)15(17)18/h2-5,10,16H,6-7H2,1H3. The number of non-ortho nitro benzene ring substituents is 1. The SMILES string of the molecule is COCC(O)Cc1nc(-c2ccc([N+](=O)[O-])cc2)no1. The quantitative estimate of drug-likeness (QED) is 0.624. The van der Waals surface area contributed by atoms with Crippen molar-refractivity contribution in [2.45, 2.75) is 12.5 Å². The van der Waals surface area contributed by atoms with Gasteiger partial charge in [0.1, 0.15) is 0 Å². The van der Waals surface area contributed by atoms with Crippen molar-refractivity contribution in [1.29, 1.82) is 0 Å². The Kier molecular flexibility index (Phi) is 4.38. The summed E-state index contributed by atoms with van der Waals surface area (Å²) < 4.78 is 9.80. The summed E-state index contributed by atoms with van der Waals surface area (Å²) in [4.78, 5) is 14.2. The maximum atomic E-state index is 10.6. The van der Waals surface area contributed by atoms with Crippen LogP contribution in [0.25, 0.3) is 11.4 Å². The van der Waals surface area contributed by atoms with Gasteiger partial charge in [-0.05, 0) is 12.1 Å². The topological polar surface area (TPSA) is 112 Å². The maximum absolute atomic E-state index is 10.6. The van der Waals surface area contributed by atoms with Crippen molar-refractivity contribution in [2.24, 2.45) is 0 Å². The van der Waals surface area contributed by atoms with Crippen LogP contribution in [0.3, 0.4) is 0 Å². The molecule has 8 heteroatoms. The van der Waals surface area contributed by atoms with Crippen molar-refractivity contribution >= 4 is 5.69 Å². The zero-order valence-electron chi connectivity index (χ0n) is 10.7. The largest absolute Gasteiger partial charge is 0.390 e. The van der Waals surface area contributed by atoms with Gasteiger partial charge < -0.3 is 14.4 Å². The van der Waals surface area contributed by atoms with Gasteiger partial charge >= 0.3 is 0 Å². The van der Waals surface area contributed by atoms with Crippen molar-refractivity contribution in [3.63, 3.8) is 0 Å². The second-order valence-corrected chi connectivity index (χ2v) is 4.13. The second kappa shape index (κ2) is 6.22. The molecule has 0 fully saturated rings. The molecule has 0 amide bonds. The lowest BCUT2D eigenvalue weighted by atomic mass is 10.2. The molecule has 1 aromatic heterocycles. The minimum absolute atomic E-state index is 0.00650. The Labute approximate surface area is 114 Å². The van der Waals surface area contributed by atoms with Gasteiger partial charge in [-0.1, -0.05) is 5.16 Å². The van der Waals surface area contributed by atoms with Crippen LogP contribution in [0.15, 0.2) is 28.8 Å². The highest BCUT2D eigenvalue weighted by molar-refractivity contribution is 5.56. The summed E-state index contributed by atoms with van der Waals surface area (Å²) >= 11 is 0. The van der Waals surface area contributed by atoms with Crippen LogP contribution in [-0.2, 0) is 11.2 Å². The number of hydrogen-bond acceptors (Lipinski definition) is 7. The van der Waals surface area contributed by atoms with Gasteiger partial charge in [-0.15, -0.1) is 0 Å². The first-order valence-electron chi connectivity index (χ1n) is 5.84. The van der Waals surface area contributed by atoms with E-state index in [-0.39, 0.29) is 24.6 Å². The van der Waals surface area contributed by atoms with Crippen molar-refractivity contribution in [3.05, 3.63) is 40.3 Å². The van der Waals surface area contributed by atoms with Crippen LogP contribution in [0.5, 0.6) is 0 Å². The van der Waals surface area contributed by atoms with Crippen molar-refractivity contribution in [3.8, 4) is 11.4 Å². The van der Waals surface area contributed by atoms with E-state index in [1.54, 1.807) is 12.1 Å². The summed E-state index contributed by atoms with van der Waals surface area (Å²) in [6.45, 7) is 0.176. The molecule has 0 radical (unpaired) electrons. The van der Waals surface area contributed by atoms with Crippen LogP contribution in [-0.4, -0.2) is 40.0 Å². The number of nitrogens with zero attached hydrogens (tertiary/aromatic N) is 3. The number of methoxy groups -OCH3 is 1. The molecule has 0 saturated carbocycles. The first kappa shape index (κ1) is 14.1. The Hall–Kier alpha value is -2.32. The van der Waals surface area contributed by atoms with Gasteiger partial charge in [0.2, 0.25) is 11.7 Å². The van der Waals surface area contributed by atoms with E-state index in [0.717, 1.165) is 0 Å². The van der Waals surface area contributed by atoms with Crippen LogP contribution in [0.1, 0.15) is 5.89 Å². The molecule has 2 rings (SSSR count). The molecule has 0 saturated heterocycles. The van der Waals surface area contributed by atoms with E-state index in [2.05, 4.69) is 10.1 Å². The Balaban J connectivity index is 2.10. The van der Waals surface area contributed by atoms with E-state index in [1.165, 1.54) is 19.2 Å². The average Bonchev–Trinajstić information content (AvgIpc) is 2.87. The zero-order chi connectivity index (χ0) is 14.5. The van der Waals surface area contributed by atoms with Gasteiger partial charge in [-0.2, -0.15) is 4.98 Å². The summed E-state index contributed by atoms with van der Waals surface area (Å²) in [6.07, 6.45) is -0.529. The van der Waals surface area contributed by atoms with Gasteiger partial charge in [0.15, 0.2) is 0 Å². The van der Waals surface area contributed by atoms with Crippen LogP contribution in [0, 0.1) is 10.1 Å². The van der Waals surface area contributed by atoms with Crippen LogP contribution >= 0.6 is 0 Å². The number of rotatable bonds is 6. The van der Waals surface area contributed by atoms with Gasteiger partial charge in [0.25, 0.3) is 5.69 Å². The lowest BCUT2D eigenvalue weighted by molar-refractivity contribution is -0.384. The molecule has 20 heavy (non-hydrogen) atoms. The summed E-state index contributed by atoms with van der Waals surface area (Å²) in [5, 5.41) is 23.9. The Morgan fingerprint density at radius 1 is 1.45 bits per heavy atom. The number of nitro groups is 1. The minimum atomic E-state index is -0.717. The first-order valence-corrected chi connectivity index (χ1v) is 5.84. The summed E-state index contributed by atoms with van der Waals surface area (Å²) in [5.74, 6) is 0.599. The highest BCUT2D eigenvalue weighted by atomic mass is 16.6. The van der Waals surface area contributed by atoms with Crippen molar-refractivity contribution in [1.82, 2.24) is 10.1 Å². The number of benzene rings is 1. The van der Waals surface area contributed by atoms with Crippen molar-refractivity contribution < 1.29 is 19.3 Å². The second-order valence-electron chi connectivity index (χ2n) is 4.13. The molecule has 0 aliphatic carbocycles. The molecular formula is C12H13N3O5. The molecule has 2 aromatic rings. The third-order valence-electron chi connectivity index (χ3n) is 2.57. The molecule has 1 N–H and O–H groups in total. The number of aromatic nitrogens is 2. The van der Waals surface area contributed by atoms with Gasteiger partial charge in [-0.3, -0.25) is 10.1 Å². The predicted molar refractivity (Wildman–Crippen MR) is 68.0 cm³/mol. The lowest BCUT2D eigenvalue weighted by Gasteiger charge is -2.04. The molecule has 1 unspecified atom stereocenters. The zero-order valence-corrected chi connectivity index (χ0v) is 10.7. The Bertz CT molecular complexity index is 581.